The van der Waals surface area contributed by atoms with E-state index in [0.717, 1.165) is 15.2 Å². The lowest BCUT2D eigenvalue weighted by atomic mass is 10.2. The number of hydrogen-bond acceptors (Lipinski definition) is 4. The van der Waals surface area contributed by atoms with Crippen LogP contribution in [-0.4, -0.2) is 27.5 Å². The molecular formula is C17H19FN4O4. The Balaban J connectivity index is 1.94. The number of amides is 2. The van der Waals surface area contributed by atoms with Crippen LogP contribution < -0.4 is 21.9 Å². The first kappa shape index (κ1) is 19.1. The monoisotopic (exact) mass is 362 g/mol. The second-order valence-electron chi connectivity index (χ2n) is 5.79. The van der Waals surface area contributed by atoms with Gasteiger partial charge in [0.25, 0.3) is 11.5 Å². The molecule has 0 aliphatic rings. The molecule has 0 bridgehead atoms. The minimum Gasteiger partial charge on any atom is -0.350 e. The van der Waals surface area contributed by atoms with Crippen molar-refractivity contribution in [1.29, 1.82) is 0 Å². The molecular weight excluding hydrogens is 343 g/mol. The van der Waals surface area contributed by atoms with E-state index in [0.29, 0.717) is 11.3 Å². The number of halogens is 1. The summed E-state index contributed by atoms with van der Waals surface area (Å²) in [6.07, 6.45) is -0.0268. The van der Waals surface area contributed by atoms with Gasteiger partial charge in [-0.05, 0) is 30.7 Å². The van der Waals surface area contributed by atoms with Crippen LogP contribution in [0.2, 0.25) is 0 Å². The molecule has 2 amide bonds. The van der Waals surface area contributed by atoms with Crippen LogP contribution in [0.5, 0.6) is 0 Å². The van der Waals surface area contributed by atoms with E-state index in [1.807, 2.05) is 0 Å². The largest absolute Gasteiger partial charge is 0.350 e. The average molecular weight is 362 g/mol. The van der Waals surface area contributed by atoms with Gasteiger partial charge in [0.2, 0.25) is 5.91 Å². The molecule has 2 aromatic rings. The van der Waals surface area contributed by atoms with Gasteiger partial charge < -0.3 is 10.6 Å². The maximum Gasteiger partial charge on any atom is 0.331 e. The summed E-state index contributed by atoms with van der Waals surface area (Å²) in [7, 11) is 2.69. The van der Waals surface area contributed by atoms with Crippen molar-refractivity contribution in [2.24, 2.45) is 14.1 Å². The van der Waals surface area contributed by atoms with E-state index in [4.69, 9.17) is 0 Å². The number of aromatic nitrogens is 2. The predicted octanol–water partition coefficient (Wildman–Crippen LogP) is 0.290. The number of carbonyl (C=O) groups is 2. The Kier molecular flexibility index (Phi) is 5.71. The number of carbonyl (C=O) groups excluding carboxylic acids is 2. The third kappa shape index (κ3) is 4.24. The highest BCUT2D eigenvalue weighted by molar-refractivity contribution is 5.94. The third-order valence-electron chi connectivity index (χ3n) is 3.84. The smallest absolute Gasteiger partial charge is 0.331 e. The molecule has 2 rings (SSSR count). The highest BCUT2D eigenvalue weighted by Gasteiger charge is 2.13. The lowest BCUT2D eigenvalue weighted by Gasteiger charge is -2.10. The first-order chi connectivity index (χ1) is 12.2. The number of nitrogens with one attached hydrogen (secondary N) is 2. The zero-order valence-electron chi connectivity index (χ0n) is 14.6. The number of aryl methyl sites for hydroxylation is 1. The van der Waals surface area contributed by atoms with Crippen LogP contribution in [0.1, 0.15) is 22.5 Å². The Morgan fingerprint density at radius 3 is 2.46 bits per heavy atom. The Hall–Kier alpha value is -3.23. The maximum atomic E-state index is 13.2. The maximum absolute atomic E-state index is 13.2. The van der Waals surface area contributed by atoms with Gasteiger partial charge >= 0.3 is 5.69 Å². The van der Waals surface area contributed by atoms with Gasteiger partial charge in [-0.25, -0.2) is 9.18 Å². The molecule has 0 radical (unpaired) electrons. The van der Waals surface area contributed by atoms with Gasteiger partial charge in [-0.2, -0.15) is 0 Å². The minimum absolute atomic E-state index is 0.00818. The molecule has 9 heteroatoms. The van der Waals surface area contributed by atoms with Gasteiger partial charge in [0.1, 0.15) is 11.5 Å². The van der Waals surface area contributed by atoms with Gasteiger partial charge in [-0.3, -0.25) is 23.5 Å². The molecule has 0 saturated heterocycles. The van der Waals surface area contributed by atoms with Gasteiger partial charge in [-0.15, -0.1) is 0 Å². The minimum atomic E-state index is -0.632. The summed E-state index contributed by atoms with van der Waals surface area (Å²) in [6.45, 7) is 1.59. The summed E-state index contributed by atoms with van der Waals surface area (Å²) in [5.41, 5.74) is -0.445. The van der Waals surface area contributed by atoms with Crippen molar-refractivity contribution in [1.82, 2.24) is 14.5 Å². The van der Waals surface area contributed by atoms with Crippen LogP contribution in [0.3, 0.4) is 0 Å². The molecule has 8 nitrogen and oxygen atoms in total. The normalized spacial score (nSPS) is 10.5. The van der Waals surface area contributed by atoms with Crippen LogP contribution in [0.25, 0.3) is 0 Å². The average Bonchev–Trinajstić information content (AvgIpc) is 2.59. The van der Waals surface area contributed by atoms with Gasteiger partial charge in [0.05, 0.1) is 0 Å². The highest BCUT2D eigenvalue weighted by atomic mass is 19.1. The van der Waals surface area contributed by atoms with Crippen molar-refractivity contribution in [2.75, 3.05) is 11.9 Å². The molecule has 0 saturated carbocycles. The van der Waals surface area contributed by atoms with Crippen LogP contribution >= 0.6 is 0 Å². The van der Waals surface area contributed by atoms with E-state index < -0.39 is 17.2 Å². The molecule has 0 aliphatic heterocycles. The number of nitrogens with zero attached hydrogens (tertiary/aromatic N) is 2. The lowest BCUT2D eigenvalue weighted by Crippen LogP contribution is -2.41. The Morgan fingerprint density at radius 1 is 1.12 bits per heavy atom. The molecule has 0 spiro atoms. The molecule has 1 heterocycles. The van der Waals surface area contributed by atoms with E-state index in [1.165, 1.54) is 32.3 Å². The summed E-state index contributed by atoms with van der Waals surface area (Å²) in [5, 5.41) is 5.08. The first-order valence-electron chi connectivity index (χ1n) is 7.82. The van der Waals surface area contributed by atoms with E-state index in [9.17, 15) is 23.6 Å². The lowest BCUT2D eigenvalue weighted by molar-refractivity contribution is -0.116. The second-order valence-corrected chi connectivity index (χ2v) is 5.79. The van der Waals surface area contributed by atoms with E-state index in [1.54, 1.807) is 6.92 Å². The van der Waals surface area contributed by atoms with Crippen molar-refractivity contribution in [3.8, 4) is 0 Å². The van der Waals surface area contributed by atoms with Crippen LogP contribution in [0.15, 0.2) is 33.9 Å². The summed E-state index contributed by atoms with van der Waals surface area (Å²) < 4.78 is 15.1. The van der Waals surface area contributed by atoms with E-state index >= 15 is 0 Å². The molecule has 0 aliphatic carbocycles. The molecule has 0 fully saturated rings. The van der Waals surface area contributed by atoms with Crippen LogP contribution in [-0.2, 0) is 18.9 Å². The van der Waals surface area contributed by atoms with Crippen molar-refractivity contribution in [2.45, 2.75) is 13.3 Å². The van der Waals surface area contributed by atoms with Crippen molar-refractivity contribution in [3.05, 3.63) is 62.2 Å². The summed E-state index contributed by atoms with van der Waals surface area (Å²) in [5.74, 6) is -1.36. The quantitative estimate of drug-likeness (QED) is 0.798. The fraction of sp³-hybridized carbons (Fsp3) is 0.294. The topological polar surface area (TPSA) is 102 Å². The zero-order chi connectivity index (χ0) is 19.4. The Morgan fingerprint density at radius 2 is 1.81 bits per heavy atom. The SMILES string of the molecule is Cc1cc(NC(=O)CCNC(=O)c2cc(=O)n(C)c(=O)n2C)ccc1F. The number of rotatable bonds is 5. The van der Waals surface area contributed by atoms with Crippen molar-refractivity contribution < 1.29 is 14.0 Å². The summed E-state index contributed by atoms with van der Waals surface area (Å²) in [6, 6.07) is 5.25. The van der Waals surface area contributed by atoms with Crippen molar-refractivity contribution >= 4 is 17.5 Å². The number of hydrogen-bond donors (Lipinski definition) is 2. The van der Waals surface area contributed by atoms with Gasteiger partial charge in [0.15, 0.2) is 0 Å². The van der Waals surface area contributed by atoms with E-state index in [-0.39, 0.29) is 30.4 Å². The molecule has 0 atom stereocenters. The number of benzene rings is 1. The molecule has 1 aromatic carbocycles. The molecule has 138 valence electrons. The zero-order valence-corrected chi connectivity index (χ0v) is 14.6. The second kappa shape index (κ2) is 7.77. The molecule has 26 heavy (non-hydrogen) atoms. The van der Waals surface area contributed by atoms with Crippen LogP contribution in [0, 0.1) is 12.7 Å². The first-order valence-corrected chi connectivity index (χ1v) is 7.82. The summed E-state index contributed by atoms with van der Waals surface area (Å²) in [4.78, 5) is 47.4. The highest BCUT2D eigenvalue weighted by Crippen LogP contribution is 2.13. The Labute approximate surface area is 148 Å². The fourth-order valence-corrected chi connectivity index (χ4v) is 2.28. The van der Waals surface area contributed by atoms with Crippen LogP contribution in [0.4, 0.5) is 10.1 Å². The third-order valence-corrected chi connectivity index (χ3v) is 3.84. The Bertz CT molecular complexity index is 978. The van der Waals surface area contributed by atoms with Gasteiger partial charge in [-0.1, -0.05) is 0 Å². The molecule has 2 N–H and O–H groups in total. The number of anilines is 1. The van der Waals surface area contributed by atoms with E-state index in [2.05, 4.69) is 10.6 Å². The fourth-order valence-electron chi connectivity index (χ4n) is 2.28. The standard InChI is InChI=1S/C17H19FN4O4/c1-10-8-11(4-5-12(10)18)20-14(23)6-7-19-16(25)13-9-15(24)22(3)17(26)21(13)2/h4-5,8-9H,6-7H2,1-3H3,(H,19,25)(H,20,23). The summed E-state index contributed by atoms with van der Waals surface area (Å²) >= 11 is 0. The van der Waals surface area contributed by atoms with Gasteiger partial charge in [0, 0.05) is 38.8 Å². The molecule has 0 unspecified atom stereocenters. The predicted molar refractivity (Wildman–Crippen MR) is 93.6 cm³/mol. The van der Waals surface area contributed by atoms with Crippen molar-refractivity contribution in [3.63, 3.8) is 0 Å². The molecule has 1 aromatic heterocycles.